The first kappa shape index (κ1) is 23.1. The van der Waals surface area contributed by atoms with E-state index in [0.717, 1.165) is 30.3 Å². The number of hydrogen-bond donors (Lipinski definition) is 2. The van der Waals surface area contributed by atoms with Crippen LogP contribution in [0.1, 0.15) is 21.6 Å². The Hall–Kier alpha value is -4.61. The molecule has 0 radical (unpaired) electrons. The van der Waals surface area contributed by atoms with Gasteiger partial charge in [-0.05, 0) is 55.5 Å². The molecule has 0 spiro atoms. The summed E-state index contributed by atoms with van der Waals surface area (Å²) in [6, 6.07) is 9.86. The van der Waals surface area contributed by atoms with Crippen LogP contribution in [0.3, 0.4) is 0 Å². The van der Waals surface area contributed by atoms with Crippen molar-refractivity contribution in [2.24, 2.45) is 0 Å². The molecular formula is C24H15F5N6O. The van der Waals surface area contributed by atoms with E-state index >= 15 is 0 Å². The number of rotatable bonds is 4. The fraction of sp³-hybridized carbons (Fsp3) is 0.0833. The molecule has 0 aliphatic rings. The summed E-state index contributed by atoms with van der Waals surface area (Å²) in [6.07, 6.45) is -2.54. The fourth-order valence-corrected chi connectivity index (χ4v) is 3.63. The molecule has 12 heteroatoms. The minimum absolute atomic E-state index is 0.0308. The molecule has 0 fully saturated rings. The zero-order valence-corrected chi connectivity index (χ0v) is 18.4. The molecule has 0 aliphatic heterocycles. The van der Waals surface area contributed by atoms with Crippen LogP contribution in [0.4, 0.5) is 27.6 Å². The van der Waals surface area contributed by atoms with Crippen molar-refractivity contribution in [3.8, 4) is 17.2 Å². The number of fused-ring (bicyclic) bond motifs is 1. The van der Waals surface area contributed by atoms with Gasteiger partial charge in [-0.25, -0.2) is 23.4 Å². The van der Waals surface area contributed by atoms with Gasteiger partial charge in [0, 0.05) is 11.9 Å². The first-order valence-electron chi connectivity index (χ1n) is 10.4. The van der Waals surface area contributed by atoms with Gasteiger partial charge in [0.15, 0.2) is 5.82 Å². The molecule has 182 valence electrons. The second kappa shape index (κ2) is 8.56. The van der Waals surface area contributed by atoms with Gasteiger partial charge < -0.3 is 10.3 Å². The van der Waals surface area contributed by atoms with Crippen molar-refractivity contribution in [1.29, 1.82) is 0 Å². The van der Waals surface area contributed by atoms with Crippen molar-refractivity contribution in [2.45, 2.75) is 13.1 Å². The van der Waals surface area contributed by atoms with E-state index in [1.54, 1.807) is 25.1 Å². The number of H-pyrrole nitrogens is 1. The summed E-state index contributed by atoms with van der Waals surface area (Å²) in [5, 5.41) is 6.78. The van der Waals surface area contributed by atoms with Gasteiger partial charge in [0.25, 0.3) is 5.91 Å². The zero-order chi connectivity index (χ0) is 25.6. The Morgan fingerprint density at radius 2 is 1.83 bits per heavy atom. The maximum Gasteiger partial charge on any atom is 0.417 e. The summed E-state index contributed by atoms with van der Waals surface area (Å²) in [5.41, 5.74) is 0.970. The monoisotopic (exact) mass is 498 g/mol. The van der Waals surface area contributed by atoms with Gasteiger partial charge in [-0.15, -0.1) is 0 Å². The van der Waals surface area contributed by atoms with E-state index in [9.17, 15) is 26.7 Å². The Bertz CT molecular complexity index is 1600. The van der Waals surface area contributed by atoms with Crippen molar-refractivity contribution in [1.82, 2.24) is 24.7 Å². The molecular weight excluding hydrogens is 483 g/mol. The summed E-state index contributed by atoms with van der Waals surface area (Å²) in [7, 11) is 0. The normalized spacial score (nSPS) is 11.7. The van der Waals surface area contributed by atoms with E-state index in [-0.39, 0.29) is 22.8 Å². The SMILES string of the molecule is Cc1c(C(=O)Nc2ccc3nc(-c4cc(F)ccc4F)[nH]c3c2)cnn1-c1ccc(C(F)(F)F)cn1. The van der Waals surface area contributed by atoms with Crippen LogP contribution < -0.4 is 5.32 Å². The fourth-order valence-electron chi connectivity index (χ4n) is 3.63. The number of carbonyl (C=O) groups excluding carboxylic acids is 1. The molecule has 5 aromatic rings. The lowest BCUT2D eigenvalue weighted by molar-refractivity contribution is -0.137. The Morgan fingerprint density at radius 3 is 2.56 bits per heavy atom. The van der Waals surface area contributed by atoms with Gasteiger partial charge in [0.05, 0.1) is 39.6 Å². The molecule has 2 N–H and O–H groups in total. The number of aromatic amines is 1. The topological polar surface area (TPSA) is 88.5 Å². The second-order valence-electron chi connectivity index (χ2n) is 7.85. The number of alkyl halides is 3. The summed E-state index contributed by atoms with van der Waals surface area (Å²) in [4.78, 5) is 23.8. The lowest BCUT2D eigenvalue weighted by Crippen LogP contribution is -2.13. The van der Waals surface area contributed by atoms with Crippen molar-refractivity contribution >= 4 is 22.6 Å². The highest BCUT2D eigenvalue weighted by molar-refractivity contribution is 6.05. The van der Waals surface area contributed by atoms with Gasteiger partial charge in [0.1, 0.15) is 17.5 Å². The maximum atomic E-state index is 14.1. The van der Waals surface area contributed by atoms with Crippen molar-refractivity contribution in [2.75, 3.05) is 5.32 Å². The largest absolute Gasteiger partial charge is 0.417 e. The number of benzene rings is 2. The summed E-state index contributed by atoms with van der Waals surface area (Å²) in [6.45, 7) is 1.58. The van der Waals surface area contributed by atoms with Crippen LogP contribution in [0.2, 0.25) is 0 Å². The molecule has 0 aliphatic carbocycles. The van der Waals surface area contributed by atoms with Gasteiger partial charge in [-0.3, -0.25) is 4.79 Å². The molecule has 0 saturated heterocycles. The minimum atomic E-state index is -4.52. The quantitative estimate of drug-likeness (QED) is 0.313. The Morgan fingerprint density at radius 1 is 1.03 bits per heavy atom. The highest BCUT2D eigenvalue weighted by Crippen LogP contribution is 2.29. The van der Waals surface area contributed by atoms with Crippen LogP contribution in [-0.4, -0.2) is 30.6 Å². The Balaban J connectivity index is 1.38. The number of carbonyl (C=O) groups is 1. The summed E-state index contributed by atoms with van der Waals surface area (Å²) < 4.78 is 67.3. The number of imidazole rings is 1. The van der Waals surface area contributed by atoms with E-state index in [2.05, 4.69) is 25.4 Å². The standard InChI is InChI=1S/C24H15F5N6O/c1-12-17(11-31-35(12)21-7-2-13(10-30-21)24(27,28)29)23(36)32-15-4-6-19-20(9-15)34-22(33-19)16-8-14(25)3-5-18(16)26/h2-11H,1H3,(H,32,36)(H,33,34). The molecule has 36 heavy (non-hydrogen) atoms. The molecule has 2 aromatic carbocycles. The number of amides is 1. The molecule has 0 saturated carbocycles. The lowest BCUT2D eigenvalue weighted by Gasteiger charge is -2.08. The van der Waals surface area contributed by atoms with Gasteiger partial charge in [-0.2, -0.15) is 18.3 Å². The minimum Gasteiger partial charge on any atom is -0.338 e. The van der Waals surface area contributed by atoms with E-state index in [0.29, 0.717) is 28.6 Å². The molecule has 0 bridgehead atoms. The number of pyridine rings is 1. The smallest absolute Gasteiger partial charge is 0.338 e. The third-order valence-corrected chi connectivity index (χ3v) is 5.47. The Kier molecular flexibility index (Phi) is 5.50. The number of nitrogens with zero attached hydrogens (tertiary/aromatic N) is 4. The second-order valence-corrected chi connectivity index (χ2v) is 7.85. The molecule has 7 nitrogen and oxygen atoms in total. The predicted molar refractivity (Wildman–Crippen MR) is 120 cm³/mol. The van der Waals surface area contributed by atoms with Crippen LogP contribution in [0.5, 0.6) is 0 Å². The van der Waals surface area contributed by atoms with Crippen LogP contribution in [0.15, 0.2) is 60.9 Å². The predicted octanol–water partition coefficient (Wildman–Crippen LogP) is 5.67. The molecule has 1 amide bonds. The molecule has 3 heterocycles. The average molecular weight is 498 g/mol. The number of anilines is 1. The number of halogens is 5. The maximum absolute atomic E-state index is 14.1. The van der Waals surface area contributed by atoms with E-state index < -0.39 is 29.3 Å². The number of nitrogens with one attached hydrogen (secondary N) is 2. The molecule has 3 aromatic heterocycles. The molecule has 5 rings (SSSR count). The van der Waals surface area contributed by atoms with Crippen LogP contribution in [-0.2, 0) is 6.18 Å². The number of hydrogen-bond acceptors (Lipinski definition) is 4. The highest BCUT2D eigenvalue weighted by atomic mass is 19.4. The van der Waals surface area contributed by atoms with Gasteiger partial charge >= 0.3 is 6.18 Å². The average Bonchev–Trinajstić information content (AvgIpc) is 3.43. The molecule has 0 unspecified atom stereocenters. The third kappa shape index (κ3) is 4.28. The van der Waals surface area contributed by atoms with E-state index in [1.165, 1.54) is 10.9 Å². The van der Waals surface area contributed by atoms with Crippen LogP contribution in [0.25, 0.3) is 28.2 Å². The van der Waals surface area contributed by atoms with E-state index in [1.807, 2.05) is 0 Å². The third-order valence-electron chi connectivity index (χ3n) is 5.47. The summed E-state index contributed by atoms with van der Waals surface area (Å²) in [5.74, 6) is -1.51. The van der Waals surface area contributed by atoms with E-state index in [4.69, 9.17) is 0 Å². The van der Waals surface area contributed by atoms with Gasteiger partial charge in [0.2, 0.25) is 0 Å². The Labute approximate surface area is 199 Å². The van der Waals surface area contributed by atoms with Crippen molar-refractivity contribution < 1.29 is 26.7 Å². The highest BCUT2D eigenvalue weighted by Gasteiger charge is 2.31. The summed E-state index contributed by atoms with van der Waals surface area (Å²) >= 11 is 0. The van der Waals surface area contributed by atoms with Crippen LogP contribution in [0, 0.1) is 18.6 Å². The molecule has 0 atom stereocenters. The first-order valence-corrected chi connectivity index (χ1v) is 10.4. The number of aromatic nitrogens is 5. The van der Waals surface area contributed by atoms with Gasteiger partial charge in [-0.1, -0.05) is 0 Å². The first-order chi connectivity index (χ1) is 17.1. The zero-order valence-electron chi connectivity index (χ0n) is 18.4. The van der Waals surface area contributed by atoms with Crippen molar-refractivity contribution in [3.05, 3.63) is 89.4 Å². The van der Waals surface area contributed by atoms with Crippen LogP contribution >= 0.6 is 0 Å². The van der Waals surface area contributed by atoms with Crippen molar-refractivity contribution in [3.63, 3.8) is 0 Å². The lowest BCUT2D eigenvalue weighted by atomic mass is 10.2.